The minimum atomic E-state index is 0.0190. The summed E-state index contributed by atoms with van der Waals surface area (Å²) in [6, 6.07) is 6.48. The van der Waals surface area contributed by atoms with Crippen molar-refractivity contribution in [2.45, 2.75) is 26.3 Å². The molecule has 0 saturated carbocycles. The van der Waals surface area contributed by atoms with Crippen molar-refractivity contribution in [3.63, 3.8) is 0 Å². The molecule has 3 N–H and O–H groups in total. The highest BCUT2D eigenvalue weighted by Crippen LogP contribution is 2.19. The lowest BCUT2D eigenvalue weighted by Gasteiger charge is -2.17. The summed E-state index contributed by atoms with van der Waals surface area (Å²) in [6.07, 6.45) is 2.57. The molecule has 1 heterocycles. The normalized spacial score (nSPS) is 12.7. The third kappa shape index (κ3) is 2.57. The van der Waals surface area contributed by atoms with Crippen LogP contribution in [0.1, 0.15) is 28.4 Å². The number of hydrogen-bond donors (Lipinski definition) is 2. The van der Waals surface area contributed by atoms with Crippen molar-refractivity contribution in [2.24, 2.45) is 12.9 Å². The minimum absolute atomic E-state index is 0.0190. The Labute approximate surface area is 107 Å². The van der Waals surface area contributed by atoms with Crippen LogP contribution in [0.5, 0.6) is 0 Å². The summed E-state index contributed by atoms with van der Waals surface area (Å²) in [5.74, 6) is 5.65. The molecule has 0 bridgehead atoms. The first-order chi connectivity index (χ1) is 8.61. The van der Waals surface area contributed by atoms with Gasteiger partial charge in [0.1, 0.15) is 0 Å². The van der Waals surface area contributed by atoms with Gasteiger partial charge in [0.2, 0.25) is 0 Å². The predicted octanol–water partition coefficient (Wildman–Crippen LogP) is 1.18. The van der Waals surface area contributed by atoms with E-state index in [1.165, 1.54) is 16.7 Å². The van der Waals surface area contributed by atoms with Crippen LogP contribution in [-0.4, -0.2) is 15.0 Å². The SMILES string of the molecule is Cc1ccc(C)c(CC(NN)c2cnnn2C)c1. The topological polar surface area (TPSA) is 68.8 Å². The Kier molecular flexibility index (Phi) is 3.74. The molecule has 5 nitrogen and oxygen atoms in total. The highest BCUT2D eigenvalue weighted by molar-refractivity contribution is 5.31. The number of aromatic nitrogens is 3. The minimum Gasteiger partial charge on any atom is -0.271 e. The summed E-state index contributed by atoms with van der Waals surface area (Å²) in [4.78, 5) is 0. The maximum atomic E-state index is 5.65. The van der Waals surface area contributed by atoms with Gasteiger partial charge >= 0.3 is 0 Å². The molecule has 2 aromatic rings. The standard InChI is InChI=1S/C13H19N5/c1-9-4-5-10(2)11(6-9)7-12(16-14)13-8-15-17-18(13)3/h4-6,8,12,16H,7,14H2,1-3H3. The van der Waals surface area contributed by atoms with E-state index in [1.807, 2.05) is 7.05 Å². The van der Waals surface area contributed by atoms with Crippen molar-refractivity contribution in [1.29, 1.82) is 0 Å². The predicted molar refractivity (Wildman–Crippen MR) is 70.7 cm³/mol. The van der Waals surface area contributed by atoms with Gasteiger partial charge in [0.15, 0.2) is 0 Å². The van der Waals surface area contributed by atoms with E-state index in [-0.39, 0.29) is 6.04 Å². The Hall–Kier alpha value is -1.72. The highest BCUT2D eigenvalue weighted by atomic mass is 15.4. The molecule has 0 aliphatic carbocycles. The maximum Gasteiger partial charge on any atom is 0.0770 e. The largest absolute Gasteiger partial charge is 0.271 e. The molecule has 1 atom stereocenters. The molecular formula is C13H19N5. The number of hydrogen-bond acceptors (Lipinski definition) is 4. The van der Waals surface area contributed by atoms with Crippen LogP contribution in [0, 0.1) is 13.8 Å². The molecule has 0 radical (unpaired) electrons. The molecule has 0 fully saturated rings. The molecule has 0 saturated heterocycles. The lowest BCUT2D eigenvalue weighted by atomic mass is 9.98. The molecule has 0 aliphatic rings. The van der Waals surface area contributed by atoms with E-state index in [2.05, 4.69) is 47.8 Å². The number of benzene rings is 1. The summed E-state index contributed by atoms with van der Waals surface area (Å²) < 4.78 is 1.75. The van der Waals surface area contributed by atoms with Gasteiger partial charge < -0.3 is 0 Å². The van der Waals surface area contributed by atoms with E-state index >= 15 is 0 Å². The van der Waals surface area contributed by atoms with Crippen LogP contribution in [0.15, 0.2) is 24.4 Å². The summed E-state index contributed by atoms with van der Waals surface area (Å²) in [5, 5.41) is 7.83. The van der Waals surface area contributed by atoms with Crippen LogP contribution in [-0.2, 0) is 13.5 Å². The van der Waals surface area contributed by atoms with Gasteiger partial charge in [0.05, 0.1) is 17.9 Å². The van der Waals surface area contributed by atoms with Crippen molar-refractivity contribution < 1.29 is 0 Å². The molecule has 18 heavy (non-hydrogen) atoms. The number of aryl methyl sites for hydroxylation is 3. The fourth-order valence-corrected chi connectivity index (χ4v) is 2.10. The zero-order chi connectivity index (χ0) is 13.1. The Morgan fingerprint density at radius 3 is 2.78 bits per heavy atom. The summed E-state index contributed by atoms with van der Waals surface area (Å²) in [6.45, 7) is 4.21. The Bertz CT molecular complexity index is 532. The number of rotatable bonds is 4. The van der Waals surface area contributed by atoms with Gasteiger partial charge in [-0.25, -0.2) is 0 Å². The monoisotopic (exact) mass is 245 g/mol. The van der Waals surface area contributed by atoms with Gasteiger partial charge in [-0.3, -0.25) is 16.0 Å². The van der Waals surface area contributed by atoms with E-state index in [9.17, 15) is 0 Å². The van der Waals surface area contributed by atoms with Gasteiger partial charge in [-0.15, -0.1) is 5.10 Å². The number of nitrogens with two attached hydrogens (primary N) is 1. The van der Waals surface area contributed by atoms with Crippen LogP contribution in [0.4, 0.5) is 0 Å². The van der Waals surface area contributed by atoms with Crippen LogP contribution in [0.3, 0.4) is 0 Å². The Balaban J connectivity index is 2.26. The summed E-state index contributed by atoms with van der Waals surface area (Å²) in [5.41, 5.74) is 7.65. The van der Waals surface area contributed by atoms with Gasteiger partial charge in [0.25, 0.3) is 0 Å². The van der Waals surface area contributed by atoms with Crippen molar-refractivity contribution in [2.75, 3.05) is 0 Å². The molecule has 1 unspecified atom stereocenters. The van der Waals surface area contributed by atoms with Gasteiger partial charge in [-0.05, 0) is 31.4 Å². The van der Waals surface area contributed by atoms with Crippen molar-refractivity contribution in [3.05, 3.63) is 46.8 Å². The first-order valence-corrected chi connectivity index (χ1v) is 5.98. The first-order valence-electron chi connectivity index (χ1n) is 5.98. The second kappa shape index (κ2) is 5.29. The molecule has 0 aliphatic heterocycles. The van der Waals surface area contributed by atoms with Crippen LogP contribution < -0.4 is 11.3 Å². The molecule has 0 spiro atoms. The summed E-state index contributed by atoms with van der Waals surface area (Å²) in [7, 11) is 1.87. The van der Waals surface area contributed by atoms with Crippen molar-refractivity contribution in [3.8, 4) is 0 Å². The van der Waals surface area contributed by atoms with Crippen LogP contribution in [0.25, 0.3) is 0 Å². The lowest BCUT2D eigenvalue weighted by molar-refractivity contribution is 0.506. The molecule has 1 aromatic heterocycles. The van der Waals surface area contributed by atoms with E-state index in [4.69, 9.17) is 5.84 Å². The number of nitrogens with one attached hydrogen (secondary N) is 1. The zero-order valence-corrected chi connectivity index (χ0v) is 11.0. The van der Waals surface area contributed by atoms with Crippen LogP contribution in [0.2, 0.25) is 0 Å². The fraction of sp³-hybridized carbons (Fsp3) is 0.385. The lowest BCUT2D eigenvalue weighted by Crippen LogP contribution is -2.31. The fourth-order valence-electron chi connectivity index (χ4n) is 2.10. The molecule has 5 heteroatoms. The third-order valence-corrected chi connectivity index (χ3v) is 3.24. The van der Waals surface area contributed by atoms with Gasteiger partial charge in [-0.2, -0.15) is 0 Å². The first kappa shape index (κ1) is 12.7. The smallest absolute Gasteiger partial charge is 0.0770 e. The third-order valence-electron chi connectivity index (χ3n) is 3.24. The quantitative estimate of drug-likeness (QED) is 0.627. The highest BCUT2D eigenvalue weighted by Gasteiger charge is 2.15. The summed E-state index contributed by atoms with van der Waals surface area (Å²) >= 11 is 0. The van der Waals surface area contributed by atoms with Crippen molar-refractivity contribution >= 4 is 0 Å². The van der Waals surface area contributed by atoms with Gasteiger partial charge in [-0.1, -0.05) is 29.0 Å². The second-order valence-electron chi connectivity index (χ2n) is 4.64. The average Bonchev–Trinajstić information content (AvgIpc) is 2.77. The molecule has 96 valence electrons. The Morgan fingerprint density at radius 2 is 2.17 bits per heavy atom. The van der Waals surface area contributed by atoms with E-state index in [1.54, 1.807) is 10.9 Å². The second-order valence-corrected chi connectivity index (χ2v) is 4.64. The Morgan fingerprint density at radius 1 is 1.39 bits per heavy atom. The van der Waals surface area contributed by atoms with Crippen molar-refractivity contribution in [1.82, 2.24) is 20.4 Å². The van der Waals surface area contributed by atoms with E-state index in [0.29, 0.717) is 0 Å². The average molecular weight is 245 g/mol. The molecule has 0 amide bonds. The van der Waals surface area contributed by atoms with E-state index < -0.39 is 0 Å². The molecular weight excluding hydrogens is 226 g/mol. The number of nitrogens with zero attached hydrogens (tertiary/aromatic N) is 3. The molecule has 1 aromatic carbocycles. The zero-order valence-electron chi connectivity index (χ0n) is 11.0. The molecule has 2 rings (SSSR count). The van der Waals surface area contributed by atoms with Gasteiger partial charge in [0, 0.05) is 7.05 Å². The maximum absolute atomic E-state index is 5.65. The van der Waals surface area contributed by atoms with Crippen LogP contribution >= 0.6 is 0 Å². The van der Waals surface area contributed by atoms with E-state index in [0.717, 1.165) is 12.1 Å². The number of hydrazine groups is 1.